The van der Waals surface area contributed by atoms with Gasteiger partial charge in [0, 0.05) is 35.7 Å². The Morgan fingerprint density at radius 1 is 0.982 bits per heavy atom. The Hall–Kier alpha value is -5.02. The summed E-state index contributed by atoms with van der Waals surface area (Å²) in [6.07, 6.45) is -1.60. The number of carboxylic acid groups (broad SMARTS) is 1. The fourth-order valence-electron chi connectivity index (χ4n) is 8.90. The number of carboxylic acids is 1. The molecule has 288 valence electrons. The van der Waals surface area contributed by atoms with E-state index in [1.807, 2.05) is 0 Å². The lowest BCUT2D eigenvalue weighted by Gasteiger charge is -2.50. The number of aromatic hydroxyl groups is 1. The van der Waals surface area contributed by atoms with Crippen LogP contribution in [0.15, 0.2) is 66.4 Å². The van der Waals surface area contributed by atoms with Crippen molar-refractivity contribution < 1.29 is 51.7 Å². The van der Waals surface area contributed by atoms with Crippen LogP contribution in [0.1, 0.15) is 61.1 Å². The second-order valence-corrected chi connectivity index (χ2v) is 15.0. The highest BCUT2D eigenvalue weighted by molar-refractivity contribution is 6.33. The number of nitrogens with one attached hydrogen (secondary N) is 1. The molecule has 3 aromatic rings. The summed E-state index contributed by atoms with van der Waals surface area (Å²) in [4.78, 5) is 73.6. The number of hydrogen-bond acceptors (Lipinski definition) is 8. The standard InChI is InChI=1S/C38H32Cl2F4N4O7/c39-20-10-8-18(9-11-20)37-25(34(53)48(36(37)55)46-32-26(40)15-19(17-45-32)38(42,43)44)16-24-21(30(37)23-5-4-6-27(41)31(23)51)12-13-22-29(24)35(54)47(33(22)52)14-3-1-2-7-28(49)50/h4-6,8-12,15,17,22,24-25,29-30,51H,1-3,7,13-14,16H2,(H,45,46)(H,49,50). The van der Waals surface area contributed by atoms with Crippen LogP contribution in [0.25, 0.3) is 0 Å². The number of imide groups is 2. The molecule has 2 saturated heterocycles. The van der Waals surface area contributed by atoms with Crippen LogP contribution in [0, 0.1) is 29.5 Å². The number of carbonyl (C=O) groups excluding carboxylic acids is 4. The number of nitrogens with zero attached hydrogens (tertiary/aromatic N) is 3. The second-order valence-electron chi connectivity index (χ2n) is 14.1. The summed E-state index contributed by atoms with van der Waals surface area (Å²) in [5.74, 6) is -11.3. The van der Waals surface area contributed by atoms with Crippen molar-refractivity contribution >= 4 is 58.6 Å². The highest BCUT2D eigenvalue weighted by Crippen LogP contribution is 2.65. The van der Waals surface area contributed by atoms with Crippen molar-refractivity contribution in [3.8, 4) is 5.75 Å². The van der Waals surface area contributed by atoms with E-state index in [9.17, 15) is 37.5 Å². The molecule has 2 aliphatic heterocycles. The monoisotopic (exact) mass is 802 g/mol. The average molecular weight is 804 g/mol. The Labute approximate surface area is 320 Å². The molecular formula is C38H32Cl2F4N4O7. The molecule has 3 N–H and O–H groups in total. The van der Waals surface area contributed by atoms with Gasteiger partial charge in [-0.1, -0.05) is 65.5 Å². The zero-order chi connectivity index (χ0) is 39.6. The van der Waals surface area contributed by atoms with Gasteiger partial charge in [0.05, 0.1) is 33.8 Å². The average Bonchev–Trinajstić information content (AvgIpc) is 3.50. The molecule has 17 heteroatoms. The van der Waals surface area contributed by atoms with Gasteiger partial charge in [0.15, 0.2) is 17.4 Å². The van der Waals surface area contributed by atoms with Crippen LogP contribution in [0.5, 0.6) is 5.75 Å². The van der Waals surface area contributed by atoms with Gasteiger partial charge in [-0.2, -0.15) is 18.2 Å². The number of carbonyl (C=O) groups is 5. The zero-order valence-corrected chi connectivity index (χ0v) is 30.2. The van der Waals surface area contributed by atoms with Crippen LogP contribution in [0.4, 0.5) is 23.4 Å². The number of anilines is 1. The maximum absolute atomic E-state index is 15.3. The summed E-state index contributed by atoms with van der Waals surface area (Å²) in [6.45, 7) is 0.0502. The fraction of sp³-hybridized carbons (Fsp3) is 0.368. The van der Waals surface area contributed by atoms with E-state index in [1.165, 1.54) is 36.4 Å². The molecular weight excluding hydrogens is 771 g/mol. The molecule has 0 spiro atoms. The smallest absolute Gasteiger partial charge is 0.417 e. The predicted molar refractivity (Wildman–Crippen MR) is 188 cm³/mol. The molecule has 3 heterocycles. The quantitative estimate of drug-likeness (QED) is 0.0861. The third kappa shape index (κ3) is 6.30. The number of allylic oxidation sites excluding steroid dienone is 2. The number of aromatic nitrogens is 1. The van der Waals surface area contributed by atoms with Gasteiger partial charge in [-0.05, 0) is 61.4 Å². The number of para-hydroxylation sites is 1. The number of amides is 4. The number of aliphatic carboxylic acids is 1. The molecule has 0 bridgehead atoms. The lowest BCUT2D eigenvalue weighted by Crippen LogP contribution is -2.53. The van der Waals surface area contributed by atoms with E-state index in [4.69, 9.17) is 28.3 Å². The molecule has 2 aromatic carbocycles. The molecule has 1 aromatic heterocycles. The van der Waals surface area contributed by atoms with Crippen molar-refractivity contribution in [2.75, 3.05) is 12.0 Å². The minimum atomic E-state index is -4.79. The van der Waals surface area contributed by atoms with Crippen molar-refractivity contribution in [2.24, 2.45) is 23.7 Å². The first kappa shape index (κ1) is 38.3. The number of rotatable bonds is 10. The molecule has 4 amide bonds. The Kier molecular flexibility index (Phi) is 9.91. The van der Waals surface area contributed by atoms with Crippen LogP contribution < -0.4 is 5.43 Å². The Balaban J connectivity index is 1.35. The number of likely N-dealkylation sites (tertiary alicyclic amines) is 1. The predicted octanol–water partition coefficient (Wildman–Crippen LogP) is 6.88. The van der Waals surface area contributed by atoms with Crippen LogP contribution >= 0.6 is 23.2 Å². The summed E-state index contributed by atoms with van der Waals surface area (Å²) in [6, 6.07) is 10.3. The van der Waals surface area contributed by atoms with E-state index in [1.54, 1.807) is 6.08 Å². The van der Waals surface area contributed by atoms with Crippen molar-refractivity contribution in [3.63, 3.8) is 0 Å². The lowest BCUT2D eigenvalue weighted by molar-refractivity contribution is -0.141. The number of phenols is 1. The molecule has 11 nitrogen and oxygen atoms in total. The van der Waals surface area contributed by atoms with Gasteiger partial charge in [0.2, 0.25) is 11.8 Å². The van der Waals surface area contributed by atoms with Crippen LogP contribution in [0.3, 0.4) is 0 Å². The lowest BCUT2D eigenvalue weighted by atomic mass is 9.49. The normalized spacial score (nSPS) is 26.1. The highest BCUT2D eigenvalue weighted by Gasteiger charge is 2.70. The van der Waals surface area contributed by atoms with Gasteiger partial charge in [0.25, 0.3) is 11.8 Å². The van der Waals surface area contributed by atoms with Gasteiger partial charge in [-0.3, -0.25) is 34.3 Å². The van der Waals surface area contributed by atoms with Crippen LogP contribution in [0.2, 0.25) is 10.0 Å². The van der Waals surface area contributed by atoms with Gasteiger partial charge in [-0.15, -0.1) is 0 Å². The number of alkyl halides is 3. The van der Waals surface area contributed by atoms with Gasteiger partial charge in [-0.25, -0.2) is 9.37 Å². The summed E-state index contributed by atoms with van der Waals surface area (Å²) < 4.78 is 55.6. The number of pyridine rings is 1. The SMILES string of the molecule is O=C(O)CCCCCN1C(=O)C2CC=C3C(CC4C(=O)N(Nc5ncc(C(F)(F)F)cc5Cl)C(=O)C4(c4ccc(Cl)cc4)C3c3cccc(F)c3O)C2C1=O. The molecule has 4 aliphatic rings. The largest absolute Gasteiger partial charge is 0.505 e. The Morgan fingerprint density at radius 3 is 2.38 bits per heavy atom. The molecule has 2 aliphatic carbocycles. The van der Waals surface area contributed by atoms with Gasteiger partial charge >= 0.3 is 12.1 Å². The summed E-state index contributed by atoms with van der Waals surface area (Å²) >= 11 is 12.5. The number of hydrogen-bond donors (Lipinski definition) is 3. The topological polar surface area (TPSA) is 157 Å². The van der Waals surface area contributed by atoms with Crippen molar-refractivity contribution in [3.05, 3.63) is 98.9 Å². The summed E-state index contributed by atoms with van der Waals surface area (Å²) in [7, 11) is 0. The van der Waals surface area contributed by atoms with E-state index in [0.29, 0.717) is 42.1 Å². The van der Waals surface area contributed by atoms with E-state index in [0.717, 1.165) is 11.0 Å². The van der Waals surface area contributed by atoms with Gasteiger partial charge < -0.3 is 10.2 Å². The van der Waals surface area contributed by atoms with Crippen molar-refractivity contribution in [1.29, 1.82) is 0 Å². The van der Waals surface area contributed by atoms with Gasteiger partial charge in [0.1, 0.15) is 0 Å². The summed E-state index contributed by atoms with van der Waals surface area (Å²) in [5, 5.41) is 20.6. The highest BCUT2D eigenvalue weighted by atomic mass is 35.5. The number of benzene rings is 2. The number of halogens is 6. The number of phenolic OH excluding ortho intramolecular Hbond substituents is 1. The first-order valence-electron chi connectivity index (χ1n) is 17.5. The number of hydrazine groups is 1. The molecule has 55 heavy (non-hydrogen) atoms. The number of unbranched alkanes of at least 4 members (excludes halogenated alkanes) is 2. The Morgan fingerprint density at radius 2 is 1.71 bits per heavy atom. The molecule has 6 atom stereocenters. The maximum atomic E-state index is 15.3. The molecule has 0 radical (unpaired) electrons. The zero-order valence-electron chi connectivity index (χ0n) is 28.7. The number of fused-ring (bicyclic) bond motifs is 4. The molecule has 7 rings (SSSR count). The third-order valence-corrected chi connectivity index (χ3v) is 11.8. The maximum Gasteiger partial charge on any atom is 0.417 e. The minimum Gasteiger partial charge on any atom is -0.505 e. The van der Waals surface area contributed by atoms with Crippen LogP contribution in [-0.2, 0) is 35.6 Å². The van der Waals surface area contributed by atoms with Crippen molar-refractivity contribution in [2.45, 2.75) is 56.0 Å². The molecule has 6 unspecified atom stereocenters. The first-order chi connectivity index (χ1) is 26.1. The van der Waals surface area contributed by atoms with E-state index in [-0.39, 0.29) is 42.0 Å². The third-order valence-electron chi connectivity index (χ3n) is 11.2. The minimum absolute atomic E-state index is 0.0502. The van der Waals surface area contributed by atoms with Crippen LogP contribution in [-0.4, -0.2) is 61.2 Å². The fourth-order valence-corrected chi connectivity index (χ4v) is 9.24. The van der Waals surface area contributed by atoms with E-state index < -0.39 is 98.7 Å². The summed E-state index contributed by atoms with van der Waals surface area (Å²) in [5.41, 5.74) is -0.0287. The molecule has 1 saturated carbocycles. The van der Waals surface area contributed by atoms with E-state index in [2.05, 4.69) is 10.4 Å². The second kappa shape index (κ2) is 14.2. The van der Waals surface area contributed by atoms with E-state index >= 15 is 9.18 Å². The first-order valence-corrected chi connectivity index (χ1v) is 18.2. The van der Waals surface area contributed by atoms with Crippen molar-refractivity contribution in [1.82, 2.24) is 14.9 Å². The molecule has 3 fully saturated rings. The Bertz CT molecular complexity index is 2150.